The number of phenolic OH excluding ortho intramolecular Hbond substituents is 3. The summed E-state index contributed by atoms with van der Waals surface area (Å²) in [4.78, 5) is 6.83. The van der Waals surface area contributed by atoms with E-state index in [0.717, 1.165) is 28.2 Å². The molecule has 1 aliphatic carbocycles. The fourth-order valence-corrected chi connectivity index (χ4v) is 4.97. The molecule has 0 bridgehead atoms. The number of rotatable bonds is 4. The Morgan fingerprint density at radius 2 is 1.82 bits per heavy atom. The first kappa shape index (κ1) is 18.8. The summed E-state index contributed by atoms with van der Waals surface area (Å²) in [6, 6.07) is 7.17. The quantitative estimate of drug-likeness (QED) is 0.432. The average Bonchev–Trinajstić information content (AvgIpc) is 3.36. The van der Waals surface area contributed by atoms with Crippen LogP contribution >= 0.6 is 22.7 Å². The second-order valence-corrected chi connectivity index (χ2v) is 8.51. The van der Waals surface area contributed by atoms with Crippen LogP contribution in [0.15, 0.2) is 45.1 Å². The molecule has 2 aromatic heterocycles. The number of thiazole rings is 1. The van der Waals surface area contributed by atoms with Crippen molar-refractivity contribution in [2.45, 2.75) is 38.1 Å². The van der Waals surface area contributed by atoms with E-state index in [1.807, 2.05) is 22.9 Å². The molecule has 146 valence electrons. The average molecular weight is 416 g/mol. The van der Waals surface area contributed by atoms with Crippen LogP contribution in [0.2, 0.25) is 0 Å². The second kappa shape index (κ2) is 8.20. The van der Waals surface area contributed by atoms with Crippen molar-refractivity contribution in [3.63, 3.8) is 0 Å². The van der Waals surface area contributed by atoms with Crippen LogP contribution in [0.3, 0.4) is 0 Å². The molecule has 3 aromatic rings. The molecule has 1 aliphatic rings. The van der Waals surface area contributed by atoms with Gasteiger partial charge in [0.1, 0.15) is 0 Å². The number of aromatic nitrogens is 1. The molecule has 0 atom stereocenters. The van der Waals surface area contributed by atoms with E-state index < -0.39 is 11.5 Å². The van der Waals surface area contributed by atoms with Crippen LogP contribution in [-0.2, 0) is 0 Å². The van der Waals surface area contributed by atoms with Crippen molar-refractivity contribution in [3.8, 4) is 27.8 Å². The van der Waals surface area contributed by atoms with E-state index in [-0.39, 0.29) is 5.75 Å². The molecular weight excluding hydrogens is 394 g/mol. The molecule has 1 saturated carbocycles. The van der Waals surface area contributed by atoms with E-state index in [9.17, 15) is 15.3 Å². The van der Waals surface area contributed by atoms with Crippen molar-refractivity contribution < 1.29 is 15.3 Å². The van der Waals surface area contributed by atoms with Gasteiger partial charge < -0.3 is 15.3 Å². The number of phenols is 3. The maximum atomic E-state index is 10.1. The van der Waals surface area contributed by atoms with E-state index in [1.54, 1.807) is 27.3 Å². The molecule has 2 heterocycles. The predicted octanol–water partition coefficient (Wildman–Crippen LogP) is 4.51. The van der Waals surface area contributed by atoms with Gasteiger partial charge in [-0.3, -0.25) is 4.99 Å². The minimum absolute atomic E-state index is 0.315. The van der Waals surface area contributed by atoms with Gasteiger partial charge in [0.2, 0.25) is 10.6 Å². The van der Waals surface area contributed by atoms with E-state index in [4.69, 9.17) is 4.99 Å². The Bertz CT molecular complexity index is 1050. The highest BCUT2D eigenvalue weighted by atomic mass is 32.1. The second-order valence-electron chi connectivity index (χ2n) is 6.73. The molecule has 0 unspecified atom stereocenters. The molecule has 0 radical (unpaired) electrons. The Hall–Kier alpha value is -2.58. The number of aromatic hydroxyl groups is 3. The Morgan fingerprint density at radius 3 is 2.57 bits per heavy atom. The van der Waals surface area contributed by atoms with E-state index in [1.165, 1.54) is 37.6 Å². The van der Waals surface area contributed by atoms with Gasteiger partial charge in [0.25, 0.3) is 0 Å². The summed E-state index contributed by atoms with van der Waals surface area (Å²) in [5.41, 5.74) is 1.25. The first-order valence-corrected chi connectivity index (χ1v) is 11.0. The van der Waals surface area contributed by atoms with Crippen LogP contribution in [0.5, 0.6) is 17.2 Å². The Balaban J connectivity index is 1.76. The summed E-state index contributed by atoms with van der Waals surface area (Å²) in [7, 11) is 0. The van der Waals surface area contributed by atoms with Crippen LogP contribution in [-0.4, -0.2) is 32.3 Å². The first-order chi connectivity index (χ1) is 13.6. The summed E-state index contributed by atoms with van der Waals surface area (Å²) in [5.74, 6) is -1.32. The minimum atomic E-state index is -0.551. The topological polar surface area (TPSA) is 90.3 Å². The predicted molar refractivity (Wildman–Crippen MR) is 112 cm³/mol. The smallest absolute Gasteiger partial charge is 0.206 e. The maximum absolute atomic E-state index is 10.1. The maximum Gasteiger partial charge on any atom is 0.206 e. The van der Waals surface area contributed by atoms with Gasteiger partial charge in [-0.25, -0.2) is 4.68 Å². The summed E-state index contributed by atoms with van der Waals surface area (Å²) >= 11 is 3.18. The standard InChI is InChI=1S/C20H21N3O3S2/c24-16-9-8-13(18(25)19(16)26)11-21-23-15(17-7-4-10-27-17)12-28-20(23)22-14-5-2-1-3-6-14/h4,7-12,14,24-26H,1-3,5-6H2. The van der Waals surface area contributed by atoms with Crippen LogP contribution in [0.4, 0.5) is 0 Å². The fourth-order valence-electron chi connectivity index (χ4n) is 3.27. The molecular formula is C20H21N3O3S2. The van der Waals surface area contributed by atoms with Gasteiger partial charge >= 0.3 is 0 Å². The van der Waals surface area contributed by atoms with Crippen LogP contribution in [0, 0.1) is 0 Å². The minimum Gasteiger partial charge on any atom is -0.504 e. The van der Waals surface area contributed by atoms with Crippen LogP contribution in [0.25, 0.3) is 10.6 Å². The van der Waals surface area contributed by atoms with Gasteiger partial charge in [-0.15, -0.1) is 22.7 Å². The SMILES string of the molecule is Oc1ccc(C=Nn2c(-c3cccs3)csc2=NC2CCCCC2)c(O)c1O. The molecule has 1 fully saturated rings. The number of hydrogen-bond donors (Lipinski definition) is 3. The van der Waals surface area contributed by atoms with Crippen LogP contribution < -0.4 is 4.80 Å². The third-order valence-corrected chi connectivity index (χ3v) is 6.52. The van der Waals surface area contributed by atoms with Crippen molar-refractivity contribution in [1.82, 2.24) is 4.68 Å². The molecule has 1 aromatic carbocycles. The molecule has 0 saturated heterocycles. The third-order valence-electron chi connectivity index (χ3n) is 4.80. The van der Waals surface area contributed by atoms with Crippen molar-refractivity contribution >= 4 is 28.9 Å². The van der Waals surface area contributed by atoms with Gasteiger partial charge in [0.15, 0.2) is 11.5 Å². The Kier molecular flexibility index (Phi) is 5.50. The lowest BCUT2D eigenvalue weighted by molar-refractivity contribution is 0.367. The zero-order chi connectivity index (χ0) is 19.5. The lowest BCUT2D eigenvalue weighted by Crippen LogP contribution is -2.18. The molecule has 0 amide bonds. The van der Waals surface area contributed by atoms with Crippen molar-refractivity contribution in [3.05, 3.63) is 45.4 Å². The molecule has 3 N–H and O–H groups in total. The summed E-state index contributed by atoms with van der Waals surface area (Å²) < 4.78 is 1.79. The van der Waals surface area contributed by atoms with Gasteiger partial charge in [0, 0.05) is 10.9 Å². The number of benzene rings is 1. The Morgan fingerprint density at radius 1 is 1.00 bits per heavy atom. The molecule has 6 nitrogen and oxygen atoms in total. The largest absolute Gasteiger partial charge is 0.504 e. The van der Waals surface area contributed by atoms with Gasteiger partial charge in [0.05, 0.1) is 22.8 Å². The van der Waals surface area contributed by atoms with Crippen molar-refractivity contribution in [2.75, 3.05) is 0 Å². The highest BCUT2D eigenvalue weighted by Gasteiger charge is 2.15. The molecule has 0 aliphatic heterocycles. The monoisotopic (exact) mass is 415 g/mol. The lowest BCUT2D eigenvalue weighted by Gasteiger charge is -2.16. The first-order valence-electron chi connectivity index (χ1n) is 9.20. The molecule has 8 heteroatoms. The normalized spacial score (nSPS) is 16.2. The van der Waals surface area contributed by atoms with Crippen molar-refractivity contribution in [2.24, 2.45) is 10.1 Å². The summed E-state index contributed by atoms with van der Waals surface area (Å²) in [6.45, 7) is 0. The summed E-state index contributed by atoms with van der Waals surface area (Å²) in [5, 5.41) is 37.9. The molecule has 28 heavy (non-hydrogen) atoms. The van der Waals surface area contributed by atoms with E-state index >= 15 is 0 Å². The lowest BCUT2D eigenvalue weighted by atomic mass is 9.96. The molecule has 0 spiro atoms. The van der Waals surface area contributed by atoms with Gasteiger partial charge in [-0.05, 0) is 36.4 Å². The van der Waals surface area contributed by atoms with Gasteiger partial charge in [-0.1, -0.05) is 25.3 Å². The molecule has 4 rings (SSSR count). The number of nitrogens with zero attached hydrogens (tertiary/aromatic N) is 3. The van der Waals surface area contributed by atoms with E-state index in [2.05, 4.69) is 5.10 Å². The summed E-state index contributed by atoms with van der Waals surface area (Å²) in [6.07, 6.45) is 7.37. The third kappa shape index (κ3) is 3.83. The zero-order valence-electron chi connectivity index (χ0n) is 15.2. The number of thiophene rings is 1. The number of hydrogen-bond acceptors (Lipinski definition) is 7. The van der Waals surface area contributed by atoms with E-state index in [0.29, 0.717) is 11.6 Å². The van der Waals surface area contributed by atoms with Crippen molar-refractivity contribution in [1.29, 1.82) is 0 Å². The zero-order valence-corrected chi connectivity index (χ0v) is 16.8. The fraction of sp³-hybridized carbons (Fsp3) is 0.300. The highest BCUT2D eigenvalue weighted by Crippen LogP contribution is 2.36. The van der Waals surface area contributed by atoms with Gasteiger partial charge in [-0.2, -0.15) is 5.10 Å². The van der Waals surface area contributed by atoms with Crippen LogP contribution in [0.1, 0.15) is 37.7 Å². The Labute approximate surface area is 170 Å². The highest BCUT2D eigenvalue weighted by molar-refractivity contribution is 7.14.